The van der Waals surface area contributed by atoms with Crippen LogP contribution >= 0.6 is 0 Å². The van der Waals surface area contributed by atoms with Crippen LogP contribution in [-0.2, 0) is 19.1 Å². The van der Waals surface area contributed by atoms with Gasteiger partial charge in [-0.3, -0.25) is 14.4 Å². The second-order valence-electron chi connectivity index (χ2n) is 5.54. The largest absolute Gasteiger partial charge is 0.393 e. The summed E-state index contributed by atoms with van der Waals surface area (Å²) >= 11 is 0. The molecule has 0 N–H and O–H groups in total. The highest BCUT2D eigenvalue weighted by atomic mass is 16.6. The van der Waals surface area contributed by atoms with Crippen molar-refractivity contribution in [3.63, 3.8) is 0 Å². The minimum atomic E-state index is -0.650. The lowest BCUT2D eigenvalue weighted by atomic mass is 9.68. The predicted octanol–water partition coefficient (Wildman–Crippen LogP) is 0.691. The zero-order valence-electron chi connectivity index (χ0n) is 8.70. The van der Waals surface area contributed by atoms with Crippen molar-refractivity contribution >= 4 is 17.7 Å². The van der Waals surface area contributed by atoms with E-state index < -0.39 is 23.3 Å². The lowest BCUT2D eigenvalue weighted by Crippen LogP contribution is -2.40. The number of hydrogen-bond donors (Lipinski definition) is 0. The van der Waals surface area contributed by atoms with Crippen LogP contribution in [0.15, 0.2) is 0 Å². The van der Waals surface area contributed by atoms with E-state index in [-0.39, 0.29) is 17.1 Å². The number of rotatable bonds is 0. The number of esters is 2. The quantitative estimate of drug-likeness (QED) is 0.434. The Kier molecular flexibility index (Phi) is 1.30. The van der Waals surface area contributed by atoms with Crippen molar-refractivity contribution in [1.29, 1.82) is 0 Å². The van der Waals surface area contributed by atoms with Crippen LogP contribution in [0, 0.1) is 22.7 Å². The van der Waals surface area contributed by atoms with Gasteiger partial charge in [-0.2, -0.15) is 0 Å². The van der Waals surface area contributed by atoms with Gasteiger partial charge >= 0.3 is 11.9 Å². The standard InChI is InChI=1S/C11H12O4/c1-10-3-5(12)11(2,4-10)7-6(10)8(13)15-9(7)14/h6-7H,3-4H2,1-2H3/t6-,7+,10+,11+/m0/s1. The monoisotopic (exact) mass is 208 g/mol. The molecule has 4 nitrogen and oxygen atoms in total. The zero-order valence-corrected chi connectivity index (χ0v) is 8.70. The number of cyclic esters (lactones) is 2. The lowest BCUT2D eigenvalue weighted by Gasteiger charge is -2.29. The molecule has 0 aromatic carbocycles. The lowest BCUT2D eigenvalue weighted by molar-refractivity contribution is -0.156. The fourth-order valence-electron chi connectivity index (χ4n) is 3.89. The number of carbonyl (C=O) groups is 3. The Hall–Kier alpha value is -1.19. The van der Waals surface area contributed by atoms with E-state index >= 15 is 0 Å². The van der Waals surface area contributed by atoms with Gasteiger partial charge in [0.2, 0.25) is 0 Å². The normalized spacial score (nSPS) is 52.3. The summed E-state index contributed by atoms with van der Waals surface area (Å²) in [6, 6.07) is 0. The van der Waals surface area contributed by atoms with Crippen molar-refractivity contribution in [2.45, 2.75) is 26.7 Å². The Balaban J connectivity index is 2.18. The summed E-state index contributed by atoms with van der Waals surface area (Å²) in [5.41, 5.74) is -0.998. The first-order valence-electron chi connectivity index (χ1n) is 5.17. The maximum absolute atomic E-state index is 11.8. The first-order valence-corrected chi connectivity index (χ1v) is 5.17. The molecule has 2 bridgehead atoms. The number of ketones is 1. The molecule has 80 valence electrons. The van der Waals surface area contributed by atoms with Crippen LogP contribution in [-0.4, -0.2) is 17.7 Å². The molecule has 1 saturated heterocycles. The molecule has 0 aromatic rings. The Morgan fingerprint density at radius 3 is 2.40 bits per heavy atom. The molecule has 0 spiro atoms. The third-order valence-electron chi connectivity index (χ3n) is 4.45. The Labute approximate surface area is 87.0 Å². The van der Waals surface area contributed by atoms with Crippen molar-refractivity contribution in [2.75, 3.05) is 0 Å². The highest BCUT2D eigenvalue weighted by Gasteiger charge is 2.73. The molecule has 1 aliphatic heterocycles. The SMILES string of the molecule is C[C@@]12CC(=O)[C@@](C)(C1)[C@H]1C(=O)OC(=O)[C@H]12. The average Bonchev–Trinajstić information content (AvgIpc) is 2.58. The van der Waals surface area contributed by atoms with Gasteiger partial charge in [-0.15, -0.1) is 0 Å². The molecular formula is C11H12O4. The van der Waals surface area contributed by atoms with Crippen LogP contribution in [0.3, 0.4) is 0 Å². The molecular weight excluding hydrogens is 196 g/mol. The number of fused-ring (bicyclic) bond motifs is 5. The Bertz CT molecular complexity index is 413. The van der Waals surface area contributed by atoms with Crippen molar-refractivity contribution in [1.82, 2.24) is 0 Å². The number of hydrogen-bond acceptors (Lipinski definition) is 4. The van der Waals surface area contributed by atoms with Crippen molar-refractivity contribution in [2.24, 2.45) is 22.7 Å². The molecule has 0 amide bonds. The molecule has 4 atom stereocenters. The van der Waals surface area contributed by atoms with Gasteiger partial charge < -0.3 is 4.74 Å². The molecule has 3 fully saturated rings. The molecule has 4 heteroatoms. The van der Waals surface area contributed by atoms with Crippen LogP contribution in [0.2, 0.25) is 0 Å². The Morgan fingerprint density at radius 1 is 1.13 bits per heavy atom. The average molecular weight is 208 g/mol. The van der Waals surface area contributed by atoms with Crippen LogP contribution in [0.1, 0.15) is 26.7 Å². The molecule has 3 rings (SSSR count). The van der Waals surface area contributed by atoms with Gasteiger partial charge in [0.15, 0.2) is 0 Å². The first kappa shape index (κ1) is 9.07. The van der Waals surface area contributed by atoms with Crippen molar-refractivity contribution < 1.29 is 19.1 Å². The third kappa shape index (κ3) is 0.780. The van der Waals surface area contributed by atoms with E-state index in [9.17, 15) is 14.4 Å². The summed E-state index contributed by atoms with van der Waals surface area (Å²) in [6.07, 6.45) is 1.06. The fraction of sp³-hybridized carbons (Fsp3) is 0.727. The van der Waals surface area contributed by atoms with Crippen LogP contribution in [0.4, 0.5) is 0 Å². The smallest absolute Gasteiger partial charge is 0.318 e. The zero-order chi connectivity index (χ0) is 11.0. The van der Waals surface area contributed by atoms with E-state index in [1.54, 1.807) is 6.92 Å². The summed E-state index contributed by atoms with van der Waals surface area (Å²) in [7, 11) is 0. The van der Waals surface area contributed by atoms with E-state index in [4.69, 9.17) is 0 Å². The predicted molar refractivity (Wildman–Crippen MR) is 48.5 cm³/mol. The summed E-state index contributed by atoms with van der Waals surface area (Å²) in [6.45, 7) is 3.71. The van der Waals surface area contributed by atoms with E-state index in [1.807, 2.05) is 6.92 Å². The van der Waals surface area contributed by atoms with Crippen LogP contribution in [0.25, 0.3) is 0 Å². The van der Waals surface area contributed by atoms with Crippen LogP contribution in [0.5, 0.6) is 0 Å². The van der Waals surface area contributed by atoms with Crippen molar-refractivity contribution in [3.05, 3.63) is 0 Å². The number of carbonyl (C=O) groups excluding carboxylic acids is 3. The minimum Gasteiger partial charge on any atom is -0.393 e. The topological polar surface area (TPSA) is 60.4 Å². The molecule has 0 unspecified atom stereocenters. The fourth-order valence-corrected chi connectivity index (χ4v) is 3.89. The van der Waals surface area contributed by atoms with E-state index in [0.29, 0.717) is 12.8 Å². The van der Waals surface area contributed by atoms with Crippen molar-refractivity contribution in [3.8, 4) is 0 Å². The summed E-state index contributed by atoms with van der Waals surface area (Å²) in [5, 5.41) is 0. The second kappa shape index (κ2) is 2.15. The van der Waals surface area contributed by atoms with Gasteiger partial charge in [0, 0.05) is 11.8 Å². The Morgan fingerprint density at radius 2 is 1.73 bits per heavy atom. The minimum absolute atomic E-state index is 0.109. The maximum atomic E-state index is 11.8. The molecule has 2 saturated carbocycles. The molecule has 0 aromatic heterocycles. The molecule has 15 heavy (non-hydrogen) atoms. The number of ether oxygens (including phenoxy) is 1. The summed E-state index contributed by atoms with van der Waals surface area (Å²) in [4.78, 5) is 34.9. The molecule has 0 radical (unpaired) electrons. The summed E-state index contributed by atoms with van der Waals surface area (Å²) < 4.78 is 4.66. The van der Waals surface area contributed by atoms with Gasteiger partial charge in [0.25, 0.3) is 0 Å². The first-order chi connectivity index (χ1) is 6.88. The van der Waals surface area contributed by atoms with E-state index in [1.165, 1.54) is 0 Å². The third-order valence-corrected chi connectivity index (χ3v) is 4.45. The van der Waals surface area contributed by atoms with Gasteiger partial charge in [0.1, 0.15) is 5.78 Å². The van der Waals surface area contributed by atoms with Gasteiger partial charge in [0.05, 0.1) is 11.8 Å². The number of Topliss-reactive ketones (excluding diaryl/α,β-unsaturated/α-hetero) is 1. The summed E-state index contributed by atoms with van der Waals surface area (Å²) in [5.74, 6) is -1.71. The second-order valence-corrected chi connectivity index (χ2v) is 5.54. The highest BCUT2D eigenvalue weighted by molar-refractivity contribution is 6.05. The molecule has 1 heterocycles. The maximum Gasteiger partial charge on any atom is 0.318 e. The molecule has 3 aliphatic rings. The van der Waals surface area contributed by atoms with Gasteiger partial charge in [-0.05, 0) is 11.8 Å². The van der Waals surface area contributed by atoms with Gasteiger partial charge in [-0.25, -0.2) is 0 Å². The van der Waals surface area contributed by atoms with Crippen LogP contribution < -0.4 is 0 Å². The molecule has 2 aliphatic carbocycles. The van der Waals surface area contributed by atoms with E-state index in [2.05, 4.69) is 4.74 Å². The van der Waals surface area contributed by atoms with Gasteiger partial charge in [-0.1, -0.05) is 13.8 Å². The van der Waals surface area contributed by atoms with E-state index in [0.717, 1.165) is 0 Å². The highest BCUT2D eigenvalue weighted by Crippen LogP contribution is 2.67.